The second-order valence-corrected chi connectivity index (χ2v) is 5.90. The van der Waals surface area contributed by atoms with Crippen LogP contribution in [0, 0.1) is 5.92 Å². The van der Waals surface area contributed by atoms with Crippen LogP contribution in [0.15, 0.2) is 30.3 Å². The summed E-state index contributed by atoms with van der Waals surface area (Å²) in [6, 6.07) is 9.95. The smallest absolute Gasteiger partial charge is 0.125 e. The molecule has 1 aromatic heterocycles. The first-order chi connectivity index (χ1) is 9.81. The molecule has 2 N–H and O–H groups in total. The van der Waals surface area contributed by atoms with Gasteiger partial charge in [0.05, 0.1) is 11.7 Å². The predicted octanol–water partition coefficient (Wildman–Crippen LogP) is 3.41. The van der Waals surface area contributed by atoms with Crippen molar-refractivity contribution in [1.29, 1.82) is 0 Å². The molecule has 1 aliphatic heterocycles. The number of nitrogens with one attached hydrogen (secondary N) is 1. The summed E-state index contributed by atoms with van der Waals surface area (Å²) in [5, 5.41) is 17.7. The van der Waals surface area contributed by atoms with Gasteiger partial charge < -0.3 is 10.4 Å². The third-order valence-electron chi connectivity index (χ3n) is 4.63. The van der Waals surface area contributed by atoms with Gasteiger partial charge in [0.25, 0.3) is 0 Å². The minimum absolute atomic E-state index is 0.295. The molecule has 2 atom stereocenters. The lowest BCUT2D eigenvalue weighted by atomic mass is 9.83. The molecule has 1 fully saturated rings. The van der Waals surface area contributed by atoms with E-state index in [4.69, 9.17) is 5.10 Å². The van der Waals surface area contributed by atoms with Crippen molar-refractivity contribution in [3.63, 3.8) is 0 Å². The van der Waals surface area contributed by atoms with E-state index in [0.29, 0.717) is 11.8 Å². The predicted molar refractivity (Wildman–Crippen MR) is 78.8 cm³/mol. The molecule has 104 valence electrons. The zero-order valence-electron chi connectivity index (χ0n) is 11.4. The zero-order valence-corrected chi connectivity index (χ0v) is 11.4. The van der Waals surface area contributed by atoms with Crippen molar-refractivity contribution in [3.8, 4) is 17.0 Å². The average molecular weight is 269 g/mol. The molecule has 2 aliphatic rings. The number of fused-ring (bicyclic) bond motifs is 3. The van der Waals surface area contributed by atoms with Crippen LogP contribution in [0.4, 0.5) is 5.82 Å². The molecule has 0 saturated heterocycles. The lowest BCUT2D eigenvalue weighted by Gasteiger charge is -2.36. The number of rotatable bonds is 1. The zero-order chi connectivity index (χ0) is 13.5. The van der Waals surface area contributed by atoms with Gasteiger partial charge in [-0.15, -0.1) is 0 Å². The van der Waals surface area contributed by atoms with Gasteiger partial charge in [-0.05, 0) is 43.0 Å². The Labute approximate surface area is 118 Å². The van der Waals surface area contributed by atoms with Gasteiger partial charge in [-0.3, -0.25) is 0 Å². The van der Waals surface area contributed by atoms with Crippen molar-refractivity contribution in [2.45, 2.75) is 31.7 Å². The van der Waals surface area contributed by atoms with Gasteiger partial charge >= 0.3 is 0 Å². The van der Waals surface area contributed by atoms with Crippen LogP contribution in [0.25, 0.3) is 11.3 Å². The molecular weight excluding hydrogens is 250 g/mol. The Balaban J connectivity index is 1.71. The van der Waals surface area contributed by atoms with Crippen LogP contribution in [-0.4, -0.2) is 21.4 Å². The second kappa shape index (κ2) is 4.54. The van der Waals surface area contributed by atoms with E-state index in [1.807, 2.05) is 12.1 Å². The molecular formula is C16H19N3O. The van der Waals surface area contributed by atoms with Crippen LogP contribution in [0.3, 0.4) is 0 Å². The molecule has 4 nitrogen and oxygen atoms in total. The molecule has 1 aliphatic carbocycles. The van der Waals surface area contributed by atoms with Crippen LogP contribution in [0.5, 0.6) is 5.75 Å². The lowest BCUT2D eigenvalue weighted by molar-refractivity contribution is 0.223. The first-order valence-electron chi connectivity index (χ1n) is 7.44. The van der Waals surface area contributed by atoms with Gasteiger partial charge in [-0.25, -0.2) is 4.68 Å². The molecule has 0 spiro atoms. The SMILES string of the molecule is Oc1ccc(-c2cc3n(n2)C2CCCCC2CN3)cc1. The Kier molecular flexibility index (Phi) is 2.69. The van der Waals surface area contributed by atoms with Gasteiger partial charge in [0.2, 0.25) is 0 Å². The highest BCUT2D eigenvalue weighted by Crippen LogP contribution is 2.39. The van der Waals surface area contributed by atoms with Gasteiger partial charge in [-0.1, -0.05) is 12.8 Å². The number of hydrogen-bond acceptors (Lipinski definition) is 3. The van der Waals surface area contributed by atoms with E-state index in [0.717, 1.165) is 29.5 Å². The molecule has 1 aromatic carbocycles. The van der Waals surface area contributed by atoms with Gasteiger partial charge in [0.15, 0.2) is 0 Å². The highest BCUT2D eigenvalue weighted by atomic mass is 16.3. The number of aromatic hydroxyl groups is 1. The van der Waals surface area contributed by atoms with E-state index in [-0.39, 0.29) is 0 Å². The summed E-state index contributed by atoms with van der Waals surface area (Å²) in [6.07, 6.45) is 5.22. The first-order valence-corrected chi connectivity index (χ1v) is 7.44. The molecule has 0 amide bonds. The Hall–Kier alpha value is -1.97. The number of benzene rings is 1. The van der Waals surface area contributed by atoms with E-state index in [1.54, 1.807) is 12.1 Å². The third kappa shape index (κ3) is 1.87. The average Bonchev–Trinajstić information content (AvgIpc) is 2.92. The van der Waals surface area contributed by atoms with Gasteiger partial charge in [-0.2, -0.15) is 5.10 Å². The van der Waals surface area contributed by atoms with Crippen molar-refractivity contribution in [1.82, 2.24) is 9.78 Å². The van der Waals surface area contributed by atoms with Crippen molar-refractivity contribution >= 4 is 5.82 Å². The quantitative estimate of drug-likeness (QED) is 0.834. The molecule has 0 radical (unpaired) electrons. The summed E-state index contributed by atoms with van der Waals surface area (Å²) in [6.45, 7) is 1.07. The minimum Gasteiger partial charge on any atom is -0.508 e. The van der Waals surface area contributed by atoms with Crippen molar-refractivity contribution in [3.05, 3.63) is 30.3 Å². The van der Waals surface area contributed by atoms with Crippen LogP contribution in [0.2, 0.25) is 0 Å². The summed E-state index contributed by atoms with van der Waals surface area (Å²) in [4.78, 5) is 0. The summed E-state index contributed by atoms with van der Waals surface area (Å²) in [5.74, 6) is 2.16. The van der Waals surface area contributed by atoms with Gasteiger partial charge in [0, 0.05) is 18.2 Å². The number of hydrogen-bond donors (Lipinski definition) is 2. The standard InChI is InChI=1S/C16H19N3O/c20-13-7-5-11(6-8-13)14-9-16-17-10-12-3-1-2-4-15(12)19(16)18-14/h5-9,12,15,17,20H,1-4,10H2. The molecule has 20 heavy (non-hydrogen) atoms. The molecule has 4 rings (SSSR count). The lowest BCUT2D eigenvalue weighted by Crippen LogP contribution is -2.34. The highest BCUT2D eigenvalue weighted by molar-refractivity contribution is 5.64. The van der Waals surface area contributed by atoms with Crippen molar-refractivity contribution in [2.75, 3.05) is 11.9 Å². The fourth-order valence-corrected chi connectivity index (χ4v) is 3.54. The van der Waals surface area contributed by atoms with Crippen LogP contribution in [-0.2, 0) is 0 Å². The van der Waals surface area contributed by atoms with Crippen molar-refractivity contribution in [2.24, 2.45) is 5.92 Å². The summed E-state index contributed by atoms with van der Waals surface area (Å²) in [5.41, 5.74) is 2.04. The number of anilines is 1. The molecule has 4 heteroatoms. The van der Waals surface area contributed by atoms with Crippen LogP contribution < -0.4 is 5.32 Å². The van der Waals surface area contributed by atoms with Crippen molar-refractivity contribution < 1.29 is 5.11 Å². The maximum atomic E-state index is 9.38. The van der Waals surface area contributed by atoms with Crippen LogP contribution >= 0.6 is 0 Å². The highest BCUT2D eigenvalue weighted by Gasteiger charge is 2.32. The molecule has 0 bridgehead atoms. The molecule has 2 aromatic rings. The monoisotopic (exact) mass is 269 g/mol. The fraction of sp³-hybridized carbons (Fsp3) is 0.438. The van der Waals surface area contributed by atoms with E-state index < -0.39 is 0 Å². The Morgan fingerprint density at radius 3 is 2.80 bits per heavy atom. The Morgan fingerprint density at radius 2 is 1.95 bits per heavy atom. The third-order valence-corrected chi connectivity index (χ3v) is 4.63. The normalized spacial score (nSPS) is 24.6. The molecule has 1 saturated carbocycles. The number of nitrogens with zero attached hydrogens (tertiary/aromatic N) is 2. The van der Waals surface area contributed by atoms with Gasteiger partial charge in [0.1, 0.15) is 11.6 Å². The van der Waals surface area contributed by atoms with Crippen LogP contribution in [0.1, 0.15) is 31.7 Å². The topological polar surface area (TPSA) is 50.1 Å². The number of phenols is 1. The van der Waals surface area contributed by atoms with E-state index in [9.17, 15) is 5.11 Å². The summed E-state index contributed by atoms with van der Waals surface area (Å²) in [7, 11) is 0. The Bertz CT molecular complexity index is 617. The van der Waals surface area contributed by atoms with E-state index in [1.165, 1.54) is 25.7 Å². The minimum atomic E-state index is 0.295. The first kappa shape index (κ1) is 11.8. The fourth-order valence-electron chi connectivity index (χ4n) is 3.54. The summed E-state index contributed by atoms with van der Waals surface area (Å²) < 4.78 is 2.19. The maximum Gasteiger partial charge on any atom is 0.125 e. The maximum absolute atomic E-state index is 9.38. The number of aromatic nitrogens is 2. The Morgan fingerprint density at radius 1 is 1.15 bits per heavy atom. The van der Waals surface area contributed by atoms with E-state index in [2.05, 4.69) is 16.1 Å². The van der Waals surface area contributed by atoms with E-state index >= 15 is 0 Å². The summed E-state index contributed by atoms with van der Waals surface area (Å²) >= 11 is 0. The molecule has 2 heterocycles. The largest absolute Gasteiger partial charge is 0.508 e. The number of phenolic OH excluding ortho intramolecular Hbond substituents is 1. The second-order valence-electron chi connectivity index (χ2n) is 5.90. The molecule has 2 unspecified atom stereocenters.